The van der Waals surface area contributed by atoms with Crippen molar-refractivity contribution in [2.45, 2.75) is 6.61 Å². The standard InChI is InChI=1S/C15H13N3O2/c19-15(20-11-12-5-2-1-3-6-12)17-13-7-4-9-18-10-8-16-14(13)18/h1-10H,11H2,(H,17,19). The summed E-state index contributed by atoms with van der Waals surface area (Å²) in [5, 5.41) is 2.70. The van der Waals surface area contributed by atoms with Crippen LogP contribution < -0.4 is 5.32 Å². The molecule has 0 fully saturated rings. The lowest BCUT2D eigenvalue weighted by atomic mass is 10.2. The van der Waals surface area contributed by atoms with Crippen molar-refractivity contribution < 1.29 is 9.53 Å². The Labute approximate surface area is 115 Å². The van der Waals surface area contributed by atoms with Crippen LogP contribution in [-0.4, -0.2) is 15.5 Å². The van der Waals surface area contributed by atoms with Crippen molar-refractivity contribution in [3.05, 3.63) is 66.6 Å². The third-order valence-corrected chi connectivity index (χ3v) is 2.87. The van der Waals surface area contributed by atoms with Crippen LogP contribution in [0.2, 0.25) is 0 Å². The van der Waals surface area contributed by atoms with Crippen LogP contribution in [0.25, 0.3) is 5.65 Å². The Hall–Kier alpha value is -2.82. The first-order chi connectivity index (χ1) is 9.83. The summed E-state index contributed by atoms with van der Waals surface area (Å²) in [4.78, 5) is 16.0. The van der Waals surface area contributed by atoms with Crippen LogP contribution >= 0.6 is 0 Å². The molecule has 0 saturated heterocycles. The zero-order chi connectivity index (χ0) is 13.8. The fourth-order valence-electron chi connectivity index (χ4n) is 1.92. The van der Waals surface area contributed by atoms with Crippen molar-refractivity contribution in [1.82, 2.24) is 9.38 Å². The fraction of sp³-hybridized carbons (Fsp3) is 0.0667. The molecule has 0 aliphatic heterocycles. The molecule has 20 heavy (non-hydrogen) atoms. The summed E-state index contributed by atoms with van der Waals surface area (Å²) < 4.78 is 7.00. The molecule has 0 unspecified atom stereocenters. The molecule has 0 aliphatic carbocycles. The van der Waals surface area contributed by atoms with Crippen molar-refractivity contribution in [3.8, 4) is 0 Å². The molecule has 1 amide bonds. The number of aromatic nitrogens is 2. The molecule has 3 rings (SSSR count). The largest absolute Gasteiger partial charge is 0.444 e. The van der Waals surface area contributed by atoms with E-state index in [1.54, 1.807) is 12.3 Å². The Bertz CT molecular complexity index is 722. The van der Waals surface area contributed by atoms with Gasteiger partial charge in [0.05, 0.1) is 5.69 Å². The molecule has 3 aromatic rings. The maximum Gasteiger partial charge on any atom is 0.412 e. The van der Waals surface area contributed by atoms with Crippen LogP contribution in [0, 0.1) is 0 Å². The highest BCUT2D eigenvalue weighted by Crippen LogP contribution is 2.14. The zero-order valence-electron chi connectivity index (χ0n) is 10.7. The van der Waals surface area contributed by atoms with E-state index in [1.165, 1.54) is 0 Å². The van der Waals surface area contributed by atoms with Gasteiger partial charge in [-0.2, -0.15) is 0 Å². The van der Waals surface area contributed by atoms with Gasteiger partial charge in [-0.15, -0.1) is 0 Å². The van der Waals surface area contributed by atoms with Crippen molar-refractivity contribution >= 4 is 17.4 Å². The fourth-order valence-corrected chi connectivity index (χ4v) is 1.92. The van der Waals surface area contributed by atoms with E-state index >= 15 is 0 Å². The number of fused-ring (bicyclic) bond motifs is 1. The number of hydrogen-bond donors (Lipinski definition) is 1. The Balaban J connectivity index is 1.66. The van der Waals surface area contributed by atoms with E-state index in [0.29, 0.717) is 11.3 Å². The van der Waals surface area contributed by atoms with Gasteiger partial charge in [-0.05, 0) is 17.7 Å². The predicted octanol–water partition coefficient (Wildman–Crippen LogP) is 3.08. The van der Waals surface area contributed by atoms with Gasteiger partial charge >= 0.3 is 6.09 Å². The first kappa shape index (κ1) is 12.2. The van der Waals surface area contributed by atoms with E-state index in [4.69, 9.17) is 4.74 Å². The SMILES string of the molecule is O=C(Nc1cccn2ccnc12)OCc1ccccc1. The number of ether oxygens (including phenoxy) is 1. The number of hydrogen-bond acceptors (Lipinski definition) is 3. The van der Waals surface area contributed by atoms with Crippen molar-refractivity contribution in [2.75, 3.05) is 5.32 Å². The number of nitrogens with one attached hydrogen (secondary N) is 1. The molecule has 0 radical (unpaired) electrons. The highest BCUT2D eigenvalue weighted by molar-refractivity contribution is 5.89. The van der Waals surface area contributed by atoms with E-state index in [9.17, 15) is 4.79 Å². The average molecular weight is 267 g/mol. The maximum atomic E-state index is 11.8. The lowest BCUT2D eigenvalue weighted by Crippen LogP contribution is -2.14. The molecule has 100 valence electrons. The summed E-state index contributed by atoms with van der Waals surface area (Å²) in [5.74, 6) is 0. The molecule has 0 atom stereocenters. The van der Waals surface area contributed by atoms with Gasteiger partial charge in [-0.1, -0.05) is 30.3 Å². The molecule has 0 spiro atoms. The third kappa shape index (κ3) is 2.61. The van der Waals surface area contributed by atoms with E-state index in [2.05, 4.69) is 10.3 Å². The highest BCUT2D eigenvalue weighted by atomic mass is 16.5. The van der Waals surface area contributed by atoms with E-state index < -0.39 is 6.09 Å². The molecule has 1 aromatic carbocycles. The van der Waals surface area contributed by atoms with Gasteiger partial charge in [0.1, 0.15) is 6.61 Å². The minimum Gasteiger partial charge on any atom is -0.444 e. The third-order valence-electron chi connectivity index (χ3n) is 2.87. The van der Waals surface area contributed by atoms with Crippen molar-refractivity contribution in [3.63, 3.8) is 0 Å². The van der Waals surface area contributed by atoms with E-state index in [-0.39, 0.29) is 6.61 Å². The van der Waals surface area contributed by atoms with Gasteiger partial charge in [-0.3, -0.25) is 5.32 Å². The summed E-state index contributed by atoms with van der Waals surface area (Å²) >= 11 is 0. The number of carbonyl (C=O) groups excluding carboxylic acids is 1. The quantitative estimate of drug-likeness (QED) is 0.793. The van der Waals surface area contributed by atoms with Crippen molar-refractivity contribution in [1.29, 1.82) is 0 Å². The first-order valence-electron chi connectivity index (χ1n) is 6.22. The monoisotopic (exact) mass is 267 g/mol. The topological polar surface area (TPSA) is 55.6 Å². The second-order valence-electron chi connectivity index (χ2n) is 4.27. The van der Waals surface area contributed by atoms with Gasteiger partial charge in [0, 0.05) is 18.6 Å². The zero-order valence-corrected chi connectivity index (χ0v) is 10.7. The average Bonchev–Trinajstić information content (AvgIpc) is 2.96. The summed E-state index contributed by atoms with van der Waals surface area (Å²) in [5.41, 5.74) is 2.25. The van der Waals surface area contributed by atoms with Gasteiger partial charge in [0.15, 0.2) is 5.65 Å². The Kier molecular flexibility index (Phi) is 3.33. The van der Waals surface area contributed by atoms with Crippen LogP contribution in [0.1, 0.15) is 5.56 Å². The minimum atomic E-state index is -0.495. The molecule has 1 N–H and O–H groups in total. The smallest absolute Gasteiger partial charge is 0.412 e. The lowest BCUT2D eigenvalue weighted by Gasteiger charge is -2.07. The van der Waals surface area contributed by atoms with Gasteiger partial charge in [-0.25, -0.2) is 9.78 Å². The molecular weight excluding hydrogens is 254 g/mol. The second kappa shape index (κ2) is 5.44. The number of pyridine rings is 1. The molecule has 0 bridgehead atoms. The van der Waals surface area contributed by atoms with Crippen LogP contribution in [-0.2, 0) is 11.3 Å². The van der Waals surface area contributed by atoms with E-state index in [0.717, 1.165) is 5.56 Å². The number of rotatable bonds is 3. The van der Waals surface area contributed by atoms with Crippen LogP contribution in [0.5, 0.6) is 0 Å². The predicted molar refractivity (Wildman–Crippen MR) is 75.4 cm³/mol. The molecule has 2 aromatic heterocycles. The highest BCUT2D eigenvalue weighted by Gasteiger charge is 2.07. The molecule has 2 heterocycles. The summed E-state index contributed by atoms with van der Waals surface area (Å²) in [6.45, 7) is 0.240. The van der Waals surface area contributed by atoms with E-state index in [1.807, 2.05) is 53.2 Å². The number of benzene rings is 1. The van der Waals surface area contributed by atoms with Crippen LogP contribution in [0.15, 0.2) is 61.1 Å². The molecular formula is C15H13N3O2. The van der Waals surface area contributed by atoms with Crippen molar-refractivity contribution in [2.24, 2.45) is 0 Å². The second-order valence-corrected chi connectivity index (χ2v) is 4.27. The van der Waals surface area contributed by atoms with Gasteiger partial charge in [0.2, 0.25) is 0 Å². The number of nitrogens with zero attached hydrogens (tertiary/aromatic N) is 2. The van der Waals surface area contributed by atoms with Crippen LogP contribution in [0.4, 0.5) is 10.5 Å². The number of carbonyl (C=O) groups is 1. The first-order valence-corrected chi connectivity index (χ1v) is 6.22. The molecule has 5 heteroatoms. The molecule has 0 saturated carbocycles. The Morgan fingerprint density at radius 3 is 2.85 bits per heavy atom. The summed E-state index contributed by atoms with van der Waals surface area (Å²) in [6, 6.07) is 13.2. The lowest BCUT2D eigenvalue weighted by molar-refractivity contribution is 0.155. The number of amides is 1. The Morgan fingerprint density at radius 2 is 2.00 bits per heavy atom. The minimum absolute atomic E-state index is 0.240. The van der Waals surface area contributed by atoms with Gasteiger partial charge < -0.3 is 9.14 Å². The molecule has 0 aliphatic rings. The Morgan fingerprint density at radius 1 is 1.15 bits per heavy atom. The summed E-state index contributed by atoms with van der Waals surface area (Å²) in [7, 11) is 0. The molecule has 5 nitrogen and oxygen atoms in total. The van der Waals surface area contributed by atoms with Gasteiger partial charge in [0.25, 0.3) is 0 Å². The maximum absolute atomic E-state index is 11.8. The number of anilines is 1. The normalized spacial score (nSPS) is 10.4. The summed E-state index contributed by atoms with van der Waals surface area (Å²) in [6.07, 6.45) is 4.86. The van der Waals surface area contributed by atoms with Crippen LogP contribution in [0.3, 0.4) is 0 Å². The number of imidazole rings is 1.